The van der Waals surface area contributed by atoms with Crippen molar-refractivity contribution in [3.8, 4) is 11.1 Å². The van der Waals surface area contributed by atoms with Crippen molar-refractivity contribution in [2.45, 2.75) is 6.54 Å². The van der Waals surface area contributed by atoms with Gasteiger partial charge in [0, 0.05) is 48.7 Å². The van der Waals surface area contributed by atoms with E-state index in [2.05, 4.69) is 9.97 Å². The molecular weight excluding hydrogens is 469 g/mol. The molecule has 1 saturated heterocycles. The van der Waals surface area contributed by atoms with Gasteiger partial charge in [-0.15, -0.1) is 0 Å². The predicted octanol–water partition coefficient (Wildman–Crippen LogP) is 4.73. The van der Waals surface area contributed by atoms with Crippen molar-refractivity contribution in [3.63, 3.8) is 0 Å². The van der Waals surface area contributed by atoms with Crippen LogP contribution in [0.5, 0.6) is 0 Å². The van der Waals surface area contributed by atoms with Gasteiger partial charge in [0.2, 0.25) is 5.28 Å². The van der Waals surface area contributed by atoms with Crippen molar-refractivity contribution < 1.29 is 18.0 Å². The van der Waals surface area contributed by atoms with Crippen molar-refractivity contribution >= 4 is 40.2 Å². The molecule has 2 amide bonds. The molecule has 3 heterocycles. The molecule has 0 saturated carbocycles. The van der Waals surface area contributed by atoms with Crippen LogP contribution in [0, 0.1) is 17.5 Å². The zero-order valence-corrected chi connectivity index (χ0v) is 18.7. The van der Waals surface area contributed by atoms with Gasteiger partial charge in [-0.3, -0.25) is 4.90 Å². The number of carbonyl (C=O) groups excluding carboxylic acids is 1. The van der Waals surface area contributed by atoms with Crippen LogP contribution in [-0.4, -0.2) is 38.6 Å². The summed E-state index contributed by atoms with van der Waals surface area (Å²) in [7, 11) is 1.74. The van der Waals surface area contributed by atoms with Crippen molar-refractivity contribution in [3.05, 3.63) is 70.9 Å². The smallest absolute Gasteiger partial charge is 0.324 e. The van der Waals surface area contributed by atoms with Crippen molar-refractivity contribution in [2.24, 2.45) is 7.05 Å². The first-order valence-electron chi connectivity index (χ1n) is 10.3. The highest BCUT2D eigenvalue weighted by Gasteiger charge is 2.31. The second kappa shape index (κ2) is 8.21. The third-order valence-corrected chi connectivity index (χ3v) is 6.00. The summed E-state index contributed by atoms with van der Waals surface area (Å²) in [6, 6.07) is 7.11. The van der Waals surface area contributed by atoms with Gasteiger partial charge in [0.15, 0.2) is 0 Å². The number of hydrogen-bond donors (Lipinski definition) is 1. The summed E-state index contributed by atoms with van der Waals surface area (Å²) in [4.78, 5) is 23.8. The normalized spacial score (nSPS) is 14.0. The number of carbonyl (C=O) groups is 1. The first-order valence-corrected chi connectivity index (χ1v) is 10.7. The number of fused-ring (bicyclic) bond motifs is 1. The van der Waals surface area contributed by atoms with Gasteiger partial charge in [0.1, 0.15) is 28.9 Å². The molecule has 5 rings (SSSR count). The van der Waals surface area contributed by atoms with Gasteiger partial charge in [-0.2, -0.15) is 4.98 Å². The molecule has 1 fully saturated rings. The van der Waals surface area contributed by atoms with Gasteiger partial charge in [-0.1, -0.05) is 0 Å². The van der Waals surface area contributed by atoms with E-state index in [0.29, 0.717) is 22.3 Å². The largest absolute Gasteiger partial charge is 0.383 e. The van der Waals surface area contributed by atoms with Crippen LogP contribution >= 0.6 is 11.6 Å². The zero-order valence-electron chi connectivity index (χ0n) is 17.9. The van der Waals surface area contributed by atoms with Crippen LogP contribution in [0.15, 0.2) is 42.6 Å². The number of aromatic nitrogens is 3. The number of aryl methyl sites for hydroxylation is 1. The second-order valence-corrected chi connectivity index (χ2v) is 8.32. The molecule has 2 aromatic carbocycles. The van der Waals surface area contributed by atoms with E-state index in [4.69, 9.17) is 17.3 Å². The van der Waals surface area contributed by atoms with Gasteiger partial charge < -0.3 is 15.2 Å². The molecule has 0 spiro atoms. The van der Waals surface area contributed by atoms with Gasteiger partial charge in [0.25, 0.3) is 0 Å². The molecule has 0 bridgehead atoms. The summed E-state index contributed by atoms with van der Waals surface area (Å²) in [5.41, 5.74) is 7.67. The first kappa shape index (κ1) is 22.0. The molecular formula is C23H18ClF3N6O. The van der Waals surface area contributed by atoms with Crippen LogP contribution in [0.2, 0.25) is 5.28 Å². The Kier molecular flexibility index (Phi) is 5.32. The molecule has 1 aliphatic heterocycles. The number of halogens is 4. The van der Waals surface area contributed by atoms with E-state index in [9.17, 15) is 13.6 Å². The minimum atomic E-state index is -0.595. The monoisotopic (exact) mass is 486 g/mol. The number of benzene rings is 2. The third-order valence-electron chi connectivity index (χ3n) is 5.84. The van der Waals surface area contributed by atoms with Crippen LogP contribution in [0.3, 0.4) is 0 Å². The molecule has 11 heteroatoms. The summed E-state index contributed by atoms with van der Waals surface area (Å²) in [6.07, 6.45) is 1.68. The summed E-state index contributed by atoms with van der Waals surface area (Å²) in [5.74, 6) is -1.62. The lowest BCUT2D eigenvalue weighted by atomic mass is 10.0. The third kappa shape index (κ3) is 3.69. The average molecular weight is 487 g/mol. The minimum absolute atomic E-state index is 0.0104. The number of rotatable bonds is 4. The number of amides is 2. The Morgan fingerprint density at radius 3 is 2.59 bits per heavy atom. The molecule has 0 aliphatic carbocycles. The number of anilines is 2. The average Bonchev–Trinajstić information content (AvgIpc) is 3.30. The fraction of sp³-hybridized carbons (Fsp3) is 0.174. The Hall–Kier alpha value is -3.79. The van der Waals surface area contributed by atoms with E-state index in [1.807, 2.05) is 0 Å². The molecule has 2 N–H and O–H groups in total. The highest BCUT2D eigenvalue weighted by atomic mass is 35.5. The molecule has 0 atom stereocenters. The quantitative estimate of drug-likeness (QED) is 0.423. The number of hydrogen-bond acceptors (Lipinski definition) is 4. The molecule has 7 nitrogen and oxygen atoms in total. The van der Waals surface area contributed by atoms with E-state index in [-0.39, 0.29) is 41.9 Å². The second-order valence-electron chi connectivity index (χ2n) is 7.99. The maximum atomic E-state index is 15.2. The van der Waals surface area contributed by atoms with Crippen LogP contribution in [-0.2, 0) is 13.6 Å². The molecule has 174 valence electrons. The fourth-order valence-electron chi connectivity index (χ4n) is 4.20. The maximum Gasteiger partial charge on any atom is 0.324 e. The van der Waals surface area contributed by atoms with Crippen LogP contribution in [0.1, 0.15) is 5.56 Å². The molecule has 2 aromatic heterocycles. The van der Waals surface area contributed by atoms with Gasteiger partial charge in [0.05, 0.1) is 11.9 Å². The molecule has 1 aliphatic rings. The number of nitrogens with zero attached hydrogens (tertiary/aromatic N) is 5. The Labute approximate surface area is 197 Å². The van der Waals surface area contributed by atoms with E-state index in [1.165, 1.54) is 15.9 Å². The van der Waals surface area contributed by atoms with Gasteiger partial charge in [-0.25, -0.2) is 22.9 Å². The molecule has 4 aromatic rings. The van der Waals surface area contributed by atoms with Crippen LogP contribution in [0.4, 0.5) is 29.5 Å². The highest BCUT2D eigenvalue weighted by molar-refractivity contribution is 6.29. The lowest BCUT2D eigenvalue weighted by Gasteiger charge is -2.19. The van der Waals surface area contributed by atoms with Crippen molar-refractivity contribution in [2.75, 3.05) is 23.7 Å². The Morgan fingerprint density at radius 2 is 1.82 bits per heavy atom. The van der Waals surface area contributed by atoms with Gasteiger partial charge >= 0.3 is 6.03 Å². The minimum Gasteiger partial charge on any atom is -0.383 e. The zero-order chi connectivity index (χ0) is 24.1. The summed E-state index contributed by atoms with van der Waals surface area (Å²) in [5, 5.41) is 0.461. The standard InChI is InChI=1S/C23H18ClF3N6O/c1-31-11-16(19-20(28)29-22(24)30-21(19)31)15-4-3-14(9-18(15)27)33-7-6-32(23(33)34)10-12-8-13(25)2-5-17(12)26/h2-5,8-9,11H,6-7,10H2,1H3,(H2,28,29,30). The molecule has 0 radical (unpaired) electrons. The van der Waals surface area contributed by atoms with Crippen molar-refractivity contribution in [1.82, 2.24) is 19.4 Å². The fourth-order valence-corrected chi connectivity index (χ4v) is 4.38. The topological polar surface area (TPSA) is 80.3 Å². The van der Waals surface area contributed by atoms with E-state index >= 15 is 4.39 Å². The SMILES string of the molecule is Cn1cc(-c2ccc(N3CCN(Cc4cc(F)ccc4F)C3=O)cc2F)c2c(N)nc(Cl)nc21. The van der Waals surface area contributed by atoms with Gasteiger partial charge in [-0.05, 0) is 48.0 Å². The van der Waals surface area contributed by atoms with Crippen LogP contribution in [0.25, 0.3) is 22.2 Å². The number of nitrogen functional groups attached to an aromatic ring is 1. The predicted molar refractivity (Wildman–Crippen MR) is 123 cm³/mol. The summed E-state index contributed by atoms with van der Waals surface area (Å²) < 4.78 is 44.4. The lowest BCUT2D eigenvalue weighted by molar-refractivity contribution is 0.218. The Bertz CT molecular complexity index is 1460. The Balaban J connectivity index is 1.43. The van der Waals surface area contributed by atoms with Crippen molar-refractivity contribution in [1.29, 1.82) is 0 Å². The highest BCUT2D eigenvalue weighted by Crippen LogP contribution is 2.36. The van der Waals surface area contributed by atoms with E-state index in [0.717, 1.165) is 18.2 Å². The first-order chi connectivity index (χ1) is 16.2. The van der Waals surface area contributed by atoms with Crippen LogP contribution < -0.4 is 10.6 Å². The summed E-state index contributed by atoms with van der Waals surface area (Å²) in [6.45, 7) is 0.482. The molecule has 0 unspecified atom stereocenters. The number of nitrogens with two attached hydrogens (primary N) is 1. The van der Waals surface area contributed by atoms with E-state index < -0.39 is 23.5 Å². The maximum absolute atomic E-state index is 15.2. The molecule has 34 heavy (non-hydrogen) atoms. The Morgan fingerprint density at radius 1 is 1.03 bits per heavy atom. The summed E-state index contributed by atoms with van der Waals surface area (Å²) >= 11 is 5.90. The van der Waals surface area contributed by atoms with E-state index in [1.54, 1.807) is 29.9 Å². The lowest BCUT2D eigenvalue weighted by Crippen LogP contribution is -2.31. The number of urea groups is 1.